The molecule has 1 aliphatic rings. The third-order valence-corrected chi connectivity index (χ3v) is 3.57. The second kappa shape index (κ2) is 7.03. The molecule has 1 atom stereocenters. The highest BCUT2D eigenvalue weighted by Crippen LogP contribution is 2.12. The average Bonchev–Trinajstić information content (AvgIpc) is 2.48. The molecule has 1 fully saturated rings. The minimum Gasteiger partial charge on any atom is -0.352 e. The summed E-state index contributed by atoms with van der Waals surface area (Å²) in [6.45, 7) is 3.24. The first-order chi connectivity index (χ1) is 9.69. The Labute approximate surface area is 119 Å². The fourth-order valence-corrected chi connectivity index (χ4v) is 2.44. The van der Waals surface area contributed by atoms with Gasteiger partial charge >= 0.3 is 0 Å². The molecule has 1 aliphatic heterocycles. The number of piperidine rings is 1. The Morgan fingerprint density at radius 3 is 2.85 bits per heavy atom. The van der Waals surface area contributed by atoms with Gasteiger partial charge in [0.25, 0.3) is 0 Å². The quantitative estimate of drug-likeness (QED) is 0.896. The third-order valence-electron chi connectivity index (χ3n) is 3.57. The Hall–Kier alpha value is -1.91. The van der Waals surface area contributed by atoms with Crippen molar-refractivity contribution in [2.75, 3.05) is 13.1 Å². The number of nitrogens with one attached hydrogen (secondary N) is 1. The second-order valence-corrected chi connectivity index (χ2v) is 5.13. The molecule has 0 saturated carbocycles. The molecule has 5 heteroatoms. The summed E-state index contributed by atoms with van der Waals surface area (Å²) in [5, 5.41) is 2.97. The molecule has 0 aliphatic carbocycles. The van der Waals surface area contributed by atoms with Gasteiger partial charge in [-0.25, -0.2) is 0 Å². The Morgan fingerprint density at radius 2 is 2.15 bits per heavy atom. The zero-order valence-electron chi connectivity index (χ0n) is 11.8. The van der Waals surface area contributed by atoms with Crippen molar-refractivity contribution in [3.8, 4) is 0 Å². The molecule has 20 heavy (non-hydrogen) atoms. The number of pyridine rings is 1. The minimum absolute atomic E-state index is 0.0541. The molecule has 0 unspecified atom stereocenters. The Balaban J connectivity index is 1.88. The second-order valence-electron chi connectivity index (χ2n) is 5.13. The van der Waals surface area contributed by atoms with Crippen molar-refractivity contribution in [3.05, 3.63) is 30.1 Å². The molecule has 1 saturated heterocycles. The van der Waals surface area contributed by atoms with E-state index in [1.807, 2.05) is 24.0 Å². The van der Waals surface area contributed by atoms with Crippen molar-refractivity contribution in [2.24, 2.45) is 0 Å². The van der Waals surface area contributed by atoms with E-state index in [0.29, 0.717) is 19.4 Å². The van der Waals surface area contributed by atoms with E-state index in [2.05, 4.69) is 10.3 Å². The average molecular weight is 275 g/mol. The zero-order chi connectivity index (χ0) is 14.4. The molecular formula is C15H21N3O2. The molecular weight excluding hydrogens is 254 g/mol. The van der Waals surface area contributed by atoms with E-state index in [9.17, 15) is 9.59 Å². The minimum atomic E-state index is 0.0541. The van der Waals surface area contributed by atoms with Crippen LogP contribution in [0, 0.1) is 0 Å². The third kappa shape index (κ3) is 4.05. The van der Waals surface area contributed by atoms with Gasteiger partial charge in [0.2, 0.25) is 11.8 Å². The van der Waals surface area contributed by atoms with Crippen LogP contribution in [0.2, 0.25) is 0 Å². The van der Waals surface area contributed by atoms with Crippen LogP contribution in [-0.4, -0.2) is 40.8 Å². The number of nitrogens with zero attached hydrogens (tertiary/aromatic N) is 2. The van der Waals surface area contributed by atoms with Crippen molar-refractivity contribution in [2.45, 2.75) is 38.6 Å². The van der Waals surface area contributed by atoms with Gasteiger partial charge in [-0.1, -0.05) is 6.92 Å². The SMILES string of the molecule is CCC(=O)N[C@@H]1CCCN(C(=O)Cc2ccncc2)C1. The normalized spacial score (nSPS) is 18.6. The van der Waals surface area contributed by atoms with Crippen LogP contribution < -0.4 is 5.32 Å². The topological polar surface area (TPSA) is 62.3 Å². The fourth-order valence-electron chi connectivity index (χ4n) is 2.44. The largest absolute Gasteiger partial charge is 0.352 e. The van der Waals surface area contributed by atoms with Gasteiger partial charge in [0.15, 0.2) is 0 Å². The highest BCUT2D eigenvalue weighted by Gasteiger charge is 2.24. The van der Waals surface area contributed by atoms with Crippen LogP contribution in [0.5, 0.6) is 0 Å². The number of carbonyl (C=O) groups is 2. The summed E-state index contributed by atoms with van der Waals surface area (Å²) in [4.78, 5) is 29.5. The first kappa shape index (κ1) is 14.5. The molecule has 2 rings (SSSR count). The van der Waals surface area contributed by atoms with E-state index in [0.717, 1.165) is 24.9 Å². The molecule has 1 aromatic heterocycles. The van der Waals surface area contributed by atoms with Crippen LogP contribution in [0.4, 0.5) is 0 Å². The van der Waals surface area contributed by atoms with Crippen LogP contribution in [0.25, 0.3) is 0 Å². The molecule has 2 amide bonds. The lowest BCUT2D eigenvalue weighted by atomic mass is 10.0. The maximum absolute atomic E-state index is 12.3. The predicted molar refractivity (Wildman–Crippen MR) is 76.0 cm³/mol. The lowest BCUT2D eigenvalue weighted by Crippen LogP contribution is -2.49. The summed E-state index contributed by atoms with van der Waals surface area (Å²) in [6.07, 6.45) is 6.17. The smallest absolute Gasteiger partial charge is 0.227 e. The van der Waals surface area contributed by atoms with E-state index >= 15 is 0 Å². The predicted octanol–water partition coefficient (Wildman–Crippen LogP) is 1.14. The van der Waals surface area contributed by atoms with Gasteiger partial charge in [-0.2, -0.15) is 0 Å². The van der Waals surface area contributed by atoms with E-state index in [-0.39, 0.29) is 17.9 Å². The summed E-state index contributed by atoms with van der Waals surface area (Å²) in [5.41, 5.74) is 0.977. The van der Waals surface area contributed by atoms with E-state index in [1.54, 1.807) is 12.4 Å². The molecule has 1 N–H and O–H groups in total. The summed E-state index contributed by atoms with van der Waals surface area (Å²) in [5.74, 6) is 0.171. The van der Waals surface area contributed by atoms with E-state index < -0.39 is 0 Å². The van der Waals surface area contributed by atoms with Gasteiger partial charge in [0.05, 0.1) is 6.42 Å². The van der Waals surface area contributed by atoms with Gasteiger partial charge in [-0.3, -0.25) is 14.6 Å². The standard InChI is InChI=1S/C15H21N3O2/c1-2-14(19)17-13-4-3-9-18(11-13)15(20)10-12-5-7-16-8-6-12/h5-8,13H,2-4,9-11H2,1H3,(H,17,19)/t13-/m1/s1. The molecule has 1 aromatic rings. The van der Waals surface area contributed by atoms with Crippen molar-refractivity contribution in [1.29, 1.82) is 0 Å². The highest BCUT2D eigenvalue weighted by atomic mass is 16.2. The number of amides is 2. The summed E-state index contributed by atoms with van der Waals surface area (Å²) in [6, 6.07) is 3.81. The molecule has 108 valence electrons. The van der Waals surface area contributed by atoms with Crippen LogP contribution in [0.3, 0.4) is 0 Å². The van der Waals surface area contributed by atoms with Crippen molar-refractivity contribution in [1.82, 2.24) is 15.2 Å². The Bertz CT molecular complexity index is 461. The number of rotatable bonds is 4. The molecule has 0 spiro atoms. The first-order valence-corrected chi connectivity index (χ1v) is 7.15. The zero-order valence-corrected chi connectivity index (χ0v) is 11.8. The van der Waals surface area contributed by atoms with Crippen molar-refractivity contribution < 1.29 is 9.59 Å². The maximum atomic E-state index is 12.3. The number of aromatic nitrogens is 1. The molecule has 2 heterocycles. The van der Waals surface area contributed by atoms with Crippen molar-refractivity contribution >= 4 is 11.8 Å². The van der Waals surface area contributed by atoms with Gasteiger partial charge in [0.1, 0.15) is 0 Å². The van der Waals surface area contributed by atoms with Crippen molar-refractivity contribution in [3.63, 3.8) is 0 Å². The van der Waals surface area contributed by atoms with Gasteiger partial charge < -0.3 is 10.2 Å². The lowest BCUT2D eigenvalue weighted by molar-refractivity contribution is -0.133. The molecule has 0 aromatic carbocycles. The van der Waals surface area contributed by atoms with Crippen LogP contribution in [0.15, 0.2) is 24.5 Å². The Morgan fingerprint density at radius 1 is 1.40 bits per heavy atom. The number of carbonyl (C=O) groups excluding carboxylic acids is 2. The molecule has 0 radical (unpaired) electrons. The first-order valence-electron chi connectivity index (χ1n) is 7.15. The number of hydrogen-bond acceptors (Lipinski definition) is 3. The van der Waals surface area contributed by atoms with E-state index in [4.69, 9.17) is 0 Å². The lowest BCUT2D eigenvalue weighted by Gasteiger charge is -2.33. The Kier molecular flexibility index (Phi) is 5.09. The highest BCUT2D eigenvalue weighted by molar-refractivity contribution is 5.79. The summed E-state index contributed by atoms with van der Waals surface area (Å²) >= 11 is 0. The van der Waals surface area contributed by atoms with Crippen LogP contribution in [0.1, 0.15) is 31.7 Å². The van der Waals surface area contributed by atoms with Crippen LogP contribution in [-0.2, 0) is 16.0 Å². The van der Waals surface area contributed by atoms with Gasteiger partial charge in [-0.05, 0) is 30.5 Å². The molecule has 0 bridgehead atoms. The van der Waals surface area contributed by atoms with Gasteiger partial charge in [-0.15, -0.1) is 0 Å². The van der Waals surface area contributed by atoms with E-state index in [1.165, 1.54) is 0 Å². The monoisotopic (exact) mass is 275 g/mol. The van der Waals surface area contributed by atoms with Crippen LogP contribution >= 0.6 is 0 Å². The maximum Gasteiger partial charge on any atom is 0.227 e. The molecule has 5 nitrogen and oxygen atoms in total. The summed E-state index contributed by atoms with van der Waals surface area (Å²) < 4.78 is 0. The van der Waals surface area contributed by atoms with Gasteiger partial charge in [0, 0.05) is 37.9 Å². The number of likely N-dealkylation sites (tertiary alicyclic amines) is 1. The number of hydrogen-bond donors (Lipinski definition) is 1. The fraction of sp³-hybridized carbons (Fsp3) is 0.533. The summed E-state index contributed by atoms with van der Waals surface area (Å²) in [7, 11) is 0.